The van der Waals surface area contributed by atoms with Gasteiger partial charge in [0.2, 0.25) is 5.91 Å². The molecular weight excluding hydrogens is 427 g/mol. The van der Waals surface area contributed by atoms with Gasteiger partial charge in [0.25, 0.3) is 0 Å². The molecule has 2 N–H and O–H groups in total. The molecule has 9 heteroatoms. The number of aromatic nitrogens is 2. The zero-order chi connectivity index (χ0) is 18.5. The summed E-state index contributed by atoms with van der Waals surface area (Å²) in [6.45, 7) is 1.33. The molecule has 136 valence electrons. The third-order valence-corrected chi connectivity index (χ3v) is 5.62. The van der Waals surface area contributed by atoms with Crippen LogP contribution >= 0.6 is 27.5 Å². The molecule has 2 aromatic rings. The summed E-state index contributed by atoms with van der Waals surface area (Å²) in [5.74, 6) is 0.158. The zero-order valence-corrected chi connectivity index (χ0v) is 16.1. The van der Waals surface area contributed by atoms with E-state index in [-0.39, 0.29) is 21.9 Å². The van der Waals surface area contributed by atoms with Gasteiger partial charge in [-0.05, 0) is 53.4 Å². The molecule has 3 aliphatic carbocycles. The van der Waals surface area contributed by atoms with Crippen LogP contribution in [0.3, 0.4) is 0 Å². The van der Waals surface area contributed by atoms with Gasteiger partial charge in [-0.3, -0.25) is 4.79 Å². The molecule has 1 aromatic heterocycles. The Hall–Kier alpha value is -1.93. The Morgan fingerprint density at radius 3 is 2.73 bits per heavy atom. The summed E-state index contributed by atoms with van der Waals surface area (Å²) in [5.41, 5.74) is 2.21. The number of nitrogens with one attached hydrogen (secondary N) is 2. The SMILES string of the molecule is CC(=O)NOc1ccc(Cl)c(F)c1C12CC(Nc3ccnc(Br)n3)(C1)C2. The highest BCUT2D eigenvalue weighted by atomic mass is 79.9. The van der Waals surface area contributed by atoms with Crippen molar-refractivity contribution in [2.24, 2.45) is 0 Å². The number of rotatable bonds is 5. The van der Waals surface area contributed by atoms with Gasteiger partial charge < -0.3 is 10.2 Å². The van der Waals surface area contributed by atoms with E-state index in [0.29, 0.717) is 16.0 Å². The minimum atomic E-state index is -0.493. The molecule has 1 heterocycles. The van der Waals surface area contributed by atoms with Crippen LogP contribution in [-0.2, 0) is 10.2 Å². The maximum Gasteiger partial charge on any atom is 0.249 e. The lowest BCUT2D eigenvalue weighted by molar-refractivity contribution is -0.125. The summed E-state index contributed by atoms with van der Waals surface area (Å²) >= 11 is 9.23. The van der Waals surface area contributed by atoms with Crippen LogP contribution in [0.25, 0.3) is 0 Å². The lowest BCUT2D eigenvalue weighted by Crippen LogP contribution is -2.73. The van der Waals surface area contributed by atoms with Crippen molar-refractivity contribution >= 4 is 39.3 Å². The van der Waals surface area contributed by atoms with E-state index in [4.69, 9.17) is 16.4 Å². The van der Waals surface area contributed by atoms with Crippen LogP contribution in [0.1, 0.15) is 31.7 Å². The smallest absolute Gasteiger partial charge is 0.249 e. The first kappa shape index (κ1) is 17.5. The predicted octanol–water partition coefficient (Wildman–Crippen LogP) is 3.75. The number of benzene rings is 1. The molecule has 3 saturated carbocycles. The van der Waals surface area contributed by atoms with Crippen LogP contribution < -0.4 is 15.6 Å². The van der Waals surface area contributed by atoms with Crippen molar-refractivity contribution in [2.75, 3.05) is 5.32 Å². The second kappa shape index (κ2) is 6.06. The normalized spacial score (nSPS) is 25.7. The van der Waals surface area contributed by atoms with E-state index in [1.54, 1.807) is 18.3 Å². The largest absolute Gasteiger partial charge is 0.379 e. The van der Waals surface area contributed by atoms with Crippen LogP contribution in [0.15, 0.2) is 29.1 Å². The van der Waals surface area contributed by atoms with Crippen molar-refractivity contribution in [3.8, 4) is 5.75 Å². The number of carbonyl (C=O) groups is 1. The molecule has 0 aliphatic heterocycles. The van der Waals surface area contributed by atoms with Gasteiger partial charge in [-0.2, -0.15) is 5.48 Å². The fourth-order valence-corrected chi connectivity index (χ4v) is 4.57. The molecule has 2 bridgehead atoms. The molecule has 0 unspecified atom stereocenters. The summed E-state index contributed by atoms with van der Waals surface area (Å²) in [4.78, 5) is 24.7. The molecule has 5 rings (SSSR count). The molecule has 1 aromatic carbocycles. The highest BCUT2D eigenvalue weighted by Gasteiger charge is 2.70. The Morgan fingerprint density at radius 1 is 1.35 bits per heavy atom. The first-order valence-electron chi connectivity index (χ1n) is 8.01. The van der Waals surface area contributed by atoms with E-state index in [2.05, 4.69) is 36.7 Å². The van der Waals surface area contributed by atoms with Crippen molar-refractivity contribution in [3.05, 3.63) is 45.5 Å². The Labute approximate surface area is 162 Å². The molecule has 26 heavy (non-hydrogen) atoms. The molecule has 6 nitrogen and oxygen atoms in total. The number of hydrogen-bond acceptors (Lipinski definition) is 5. The third-order valence-electron chi connectivity index (χ3n) is 4.94. The summed E-state index contributed by atoms with van der Waals surface area (Å²) in [6, 6.07) is 4.80. The van der Waals surface area contributed by atoms with Crippen LogP contribution in [0, 0.1) is 5.82 Å². The number of carbonyl (C=O) groups excluding carboxylic acids is 1. The molecule has 0 saturated heterocycles. The van der Waals surface area contributed by atoms with Gasteiger partial charge >= 0.3 is 0 Å². The number of halogens is 3. The summed E-state index contributed by atoms with van der Waals surface area (Å²) in [5, 5.41) is 3.46. The lowest BCUT2D eigenvalue weighted by atomic mass is 9.37. The van der Waals surface area contributed by atoms with Crippen molar-refractivity contribution in [3.63, 3.8) is 0 Å². The Bertz CT molecular complexity index is 891. The van der Waals surface area contributed by atoms with Gasteiger partial charge in [0.15, 0.2) is 10.5 Å². The number of hydroxylamine groups is 1. The monoisotopic (exact) mass is 440 g/mol. The molecule has 1 amide bonds. The zero-order valence-electron chi connectivity index (χ0n) is 13.8. The van der Waals surface area contributed by atoms with Gasteiger partial charge in [0.1, 0.15) is 11.6 Å². The van der Waals surface area contributed by atoms with Gasteiger partial charge in [-0.15, -0.1) is 0 Å². The van der Waals surface area contributed by atoms with Gasteiger partial charge in [-0.1, -0.05) is 11.6 Å². The van der Waals surface area contributed by atoms with Crippen LogP contribution in [-0.4, -0.2) is 21.4 Å². The maximum atomic E-state index is 14.8. The second-order valence-corrected chi connectivity index (χ2v) is 8.04. The number of nitrogens with zero attached hydrogens (tertiary/aromatic N) is 2. The predicted molar refractivity (Wildman–Crippen MR) is 97.5 cm³/mol. The molecular formula is C17H15BrClFN4O2. The second-order valence-electron chi connectivity index (χ2n) is 6.92. The van der Waals surface area contributed by atoms with Crippen LogP contribution in [0.5, 0.6) is 5.75 Å². The highest BCUT2D eigenvalue weighted by Crippen LogP contribution is 2.70. The Kier molecular flexibility index (Phi) is 4.07. The number of hydrogen-bond donors (Lipinski definition) is 2. The van der Waals surface area contributed by atoms with E-state index >= 15 is 0 Å². The maximum absolute atomic E-state index is 14.8. The van der Waals surface area contributed by atoms with E-state index < -0.39 is 5.82 Å². The van der Waals surface area contributed by atoms with Crippen molar-refractivity contribution in [2.45, 2.75) is 37.1 Å². The quantitative estimate of drug-likeness (QED) is 0.546. The molecule has 3 fully saturated rings. The fraction of sp³-hybridized carbons (Fsp3) is 0.353. The standard InChI is InChI=1S/C17H15BrClFN4O2/c1-9(25)24-26-11-3-2-10(19)14(20)13(11)16-6-17(7-16,8-16)23-12-4-5-21-15(18)22-12/h2-5H,6-8H2,1H3,(H,24,25)(H,21,22,23). The van der Waals surface area contributed by atoms with Crippen LogP contribution in [0.4, 0.5) is 10.2 Å². The summed E-state index contributed by atoms with van der Waals surface area (Å²) < 4.78 is 15.3. The van der Waals surface area contributed by atoms with Gasteiger partial charge in [0, 0.05) is 29.6 Å². The van der Waals surface area contributed by atoms with Gasteiger partial charge in [0.05, 0.1) is 5.02 Å². The molecule has 0 spiro atoms. The summed E-state index contributed by atoms with van der Waals surface area (Å²) in [6.07, 6.45) is 3.86. The molecule has 0 atom stereocenters. The third kappa shape index (κ3) is 2.81. The Balaban J connectivity index is 1.55. The number of amides is 1. The molecule has 3 aliphatic rings. The van der Waals surface area contributed by atoms with Crippen molar-refractivity contribution in [1.29, 1.82) is 0 Å². The van der Waals surface area contributed by atoms with Crippen LogP contribution in [0.2, 0.25) is 5.02 Å². The average molecular weight is 442 g/mol. The first-order valence-corrected chi connectivity index (χ1v) is 9.18. The average Bonchev–Trinajstić information content (AvgIpc) is 2.51. The highest BCUT2D eigenvalue weighted by molar-refractivity contribution is 9.10. The van der Waals surface area contributed by atoms with E-state index in [1.165, 1.54) is 13.0 Å². The van der Waals surface area contributed by atoms with Crippen molar-refractivity contribution < 1.29 is 14.0 Å². The van der Waals surface area contributed by atoms with Gasteiger partial charge in [-0.25, -0.2) is 14.4 Å². The fourth-order valence-electron chi connectivity index (χ4n) is 4.10. The topological polar surface area (TPSA) is 76.1 Å². The van der Waals surface area contributed by atoms with E-state index in [1.807, 2.05) is 0 Å². The van der Waals surface area contributed by atoms with E-state index in [0.717, 1.165) is 25.1 Å². The van der Waals surface area contributed by atoms with E-state index in [9.17, 15) is 9.18 Å². The van der Waals surface area contributed by atoms with Crippen molar-refractivity contribution in [1.82, 2.24) is 15.4 Å². The Morgan fingerprint density at radius 2 is 2.08 bits per heavy atom. The first-order chi connectivity index (χ1) is 12.3. The minimum Gasteiger partial charge on any atom is -0.379 e. The lowest BCUT2D eigenvalue weighted by Gasteiger charge is -2.71. The molecule has 0 radical (unpaired) electrons. The summed E-state index contributed by atoms with van der Waals surface area (Å²) in [7, 11) is 0. The number of anilines is 1. The minimum absolute atomic E-state index is 0.0432.